The molecule has 1 aromatic carbocycles. The molecule has 1 aliphatic rings. The Morgan fingerprint density at radius 1 is 1.17 bits per heavy atom. The molecule has 2 nitrogen and oxygen atoms in total. The molecular weight excluding hydrogens is 222 g/mol. The maximum Gasteiger partial charge on any atom is 0.220 e. The van der Waals surface area contributed by atoms with Gasteiger partial charge in [0.1, 0.15) is 0 Å². The molecule has 1 aliphatic carbocycles. The van der Waals surface area contributed by atoms with Crippen LogP contribution in [0.25, 0.3) is 0 Å². The number of rotatable bonds is 6. The first-order valence-electron chi connectivity index (χ1n) is 7.15. The number of hydrogen-bond acceptors (Lipinski definition) is 1. The highest BCUT2D eigenvalue weighted by Crippen LogP contribution is 2.28. The fourth-order valence-corrected chi connectivity index (χ4v) is 2.71. The van der Waals surface area contributed by atoms with Gasteiger partial charge in [-0.15, -0.1) is 0 Å². The molecule has 1 N–H and O–H groups in total. The van der Waals surface area contributed by atoms with E-state index >= 15 is 0 Å². The topological polar surface area (TPSA) is 29.1 Å². The van der Waals surface area contributed by atoms with Crippen molar-refractivity contribution in [1.82, 2.24) is 5.32 Å². The second-order valence-corrected chi connectivity index (χ2v) is 5.27. The first-order valence-corrected chi connectivity index (χ1v) is 7.15. The average molecular weight is 245 g/mol. The summed E-state index contributed by atoms with van der Waals surface area (Å²) in [4.78, 5) is 11.7. The Morgan fingerprint density at radius 3 is 2.61 bits per heavy atom. The molecule has 0 spiro atoms. The SMILES string of the molecule is O=C(CCC1CCCC1)NCCc1ccccc1. The van der Waals surface area contributed by atoms with Crippen molar-refractivity contribution in [3.05, 3.63) is 35.9 Å². The van der Waals surface area contributed by atoms with Crippen LogP contribution >= 0.6 is 0 Å². The summed E-state index contributed by atoms with van der Waals surface area (Å²) in [6.07, 6.45) is 8.10. The van der Waals surface area contributed by atoms with Crippen LogP contribution in [0.4, 0.5) is 0 Å². The zero-order valence-corrected chi connectivity index (χ0v) is 11.0. The van der Waals surface area contributed by atoms with Crippen molar-refractivity contribution in [2.75, 3.05) is 6.54 Å². The predicted molar refractivity (Wildman–Crippen MR) is 74.3 cm³/mol. The van der Waals surface area contributed by atoms with Gasteiger partial charge in [-0.1, -0.05) is 56.0 Å². The number of hydrogen-bond donors (Lipinski definition) is 1. The zero-order valence-electron chi connectivity index (χ0n) is 11.0. The first-order chi connectivity index (χ1) is 8.84. The van der Waals surface area contributed by atoms with Gasteiger partial charge in [0.2, 0.25) is 5.91 Å². The summed E-state index contributed by atoms with van der Waals surface area (Å²) < 4.78 is 0. The Morgan fingerprint density at radius 2 is 1.89 bits per heavy atom. The van der Waals surface area contributed by atoms with Crippen molar-refractivity contribution < 1.29 is 4.79 Å². The number of carbonyl (C=O) groups is 1. The van der Waals surface area contributed by atoms with Gasteiger partial charge in [0, 0.05) is 13.0 Å². The molecule has 1 saturated carbocycles. The van der Waals surface area contributed by atoms with Gasteiger partial charge in [0.15, 0.2) is 0 Å². The van der Waals surface area contributed by atoms with E-state index in [1.807, 2.05) is 18.2 Å². The largest absolute Gasteiger partial charge is 0.356 e. The molecule has 98 valence electrons. The van der Waals surface area contributed by atoms with Crippen LogP contribution in [0.3, 0.4) is 0 Å². The standard InChI is InChI=1S/C16H23NO/c18-16(11-10-14-8-4-5-9-14)17-13-12-15-6-2-1-3-7-15/h1-3,6-7,14H,4-5,8-13H2,(H,17,18). The third-order valence-corrected chi connectivity index (χ3v) is 3.83. The van der Waals surface area contributed by atoms with Crippen molar-refractivity contribution in [1.29, 1.82) is 0 Å². The highest BCUT2D eigenvalue weighted by atomic mass is 16.1. The molecule has 1 amide bonds. The fraction of sp³-hybridized carbons (Fsp3) is 0.562. The van der Waals surface area contributed by atoms with Gasteiger partial charge in [0.05, 0.1) is 0 Å². The quantitative estimate of drug-likeness (QED) is 0.818. The minimum atomic E-state index is 0.220. The van der Waals surface area contributed by atoms with E-state index in [1.54, 1.807) is 0 Å². The van der Waals surface area contributed by atoms with Crippen molar-refractivity contribution in [2.45, 2.75) is 44.9 Å². The van der Waals surface area contributed by atoms with Crippen molar-refractivity contribution >= 4 is 5.91 Å². The Hall–Kier alpha value is -1.31. The molecular formula is C16H23NO. The van der Waals surface area contributed by atoms with Crippen molar-refractivity contribution in [3.63, 3.8) is 0 Å². The Kier molecular flexibility index (Phi) is 5.25. The van der Waals surface area contributed by atoms with Crippen LogP contribution in [0.5, 0.6) is 0 Å². The molecule has 1 aromatic rings. The molecule has 0 aromatic heterocycles. The predicted octanol–water partition coefficient (Wildman–Crippen LogP) is 3.32. The molecule has 0 heterocycles. The van der Waals surface area contributed by atoms with Crippen LogP contribution in [0.2, 0.25) is 0 Å². The zero-order chi connectivity index (χ0) is 12.6. The number of nitrogens with one attached hydrogen (secondary N) is 1. The summed E-state index contributed by atoms with van der Waals surface area (Å²) in [6, 6.07) is 10.3. The second kappa shape index (κ2) is 7.20. The fourth-order valence-electron chi connectivity index (χ4n) is 2.71. The number of benzene rings is 1. The van der Waals surface area contributed by atoms with E-state index in [2.05, 4.69) is 17.4 Å². The Bertz CT molecular complexity index is 355. The molecule has 0 unspecified atom stereocenters. The highest BCUT2D eigenvalue weighted by Gasteiger charge is 2.15. The summed E-state index contributed by atoms with van der Waals surface area (Å²) in [5.74, 6) is 1.03. The van der Waals surface area contributed by atoms with Gasteiger partial charge >= 0.3 is 0 Å². The summed E-state index contributed by atoms with van der Waals surface area (Å²) in [6.45, 7) is 0.757. The van der Waals surface area contributed by atoms with Crippen LogP contribution < -0.4 is 5.32 Å². The lowest BCUT2D eigenvalue weighted by molar-refractivity contribution is -0.121. The van der Waals surface area contributed by atoms with E-state index < -0.39 is 0 Å². The molecule has 0 aliphatic heterocycles. The maximum atomic E-state index is 11.7. The lowest BCUT2D eigenvalue weighted by atomic mass is 10.0. The van der Waals surface area contributed by atoms with E-state index in [1.165, 1.54) is 31.2 Å². The van der Waals surface area contributed by atoms with E-state index in [4.69, 9.17) is 0 Å². The highest BCUT2D eigenvalue weighted by molar-refractivity contribution is 5.75. The summed E-state index contributed by atoms with van der Waals surface area (Å²) in [5.41, 5.74) is 1.29. The monoisotopic (exact) mass is 245 g/mol. The van der Waals surface area contributed by atoms with Gasteiger partial charge in [-0.3, -0.25) is 4.79 Å². The summed E-state index contributed by atoms with van der Waals surface area (Å²) in [5, 5.41) is 3.02. The van der Waals surface area contributed by atoms with Crippen molar-refractivity contribution in [3.8, 4) is 0 Å². The van der Waals surface area contributed by atoms with E-state index in [0.29, 0.717) is 6.42 Å². The van der Waals surface area contributed by atoms with E-state index in [0.717, 1.165) is 25.3 Å². The van der Waals surface area contributed by atoms with Gasteiger partial charge < -0.3 is 5.32 Å². The van der Waals surface area contributed by atoms with Gasteiger partial charge in [0.25, 0.3) is 0 Å². The Labute approximate surface area is 110 Å². The molecule has 0 radical (unpaired) electrons. The lowest BCUT2D eigenvalue weighted by Gasteiger charge is -2.09. The lowest BCUT2D eigenvalue weighted by Crippen LogP contribution is -2.25. The molecule has 18 heavy (non-hydrogen) atoms. The van der Waals surface area contributed by atoms with Crippen LogP contribution in [-0.2, 0) is 11.2 Å². The third kappa shape index (κ3) is 4.52. The van der Waals surface area contributed by atoms with Gasteiger partial charge in [-0.2, -0.15) is 0 Å². The van der Waals surface area contributed by atoms with Gasteiger partial charge in [-0.05, 0) is 24.3 Å². The van der Waals surface area contributed by atoms with Crippen LogP contribution in [0.15, 0.2) is 30.3 Å². The molecule has 2 heteroatoms. The summed E-state index contributed by atoms with van der Waals surface area (Å²) >= 11 is 0. The minimum absolute atomic E-state index is 0.220. The normalized spacial score (nSPS) is 15.8. The van der Waals surface area contributed by atoms with Crippen molar-refractivity contribution in [2.24, 2.45) is 5.92 Å². The van der Waals surface area contributed by atoms with Crippen LogP contribution in [0, 0.1) is 5.92 Å². The summed E-state index contributed by atoms with van der Waals surface area (Å²) in [7, 11) is 0. The molecule has 0 bridgehead atoms. The average Bonchev–Trinajstić information content (AvgIpc) is 2.91. The van der Waals surface area contributed by atoms with Crippen LogP contribution in [-0.4, -0.2) is 12.5 Å². The van der Waals surface area contributed by atoms with E-state index in [9.17, 15) is 4.79 Å². The van der Waals surface area contributed by atoms with Crippen LogP contribution in [0.1, 0.15) is 44.1 Å². The van der Waals surface area contributed by atoms with E-state index in [-0.39, 0.29) is 5.91 Å². The smallest absolute Gasteiger partial charge is 0.220 e. The number of amides is 1. The maximum absolute atomic E-state index is 11.7. The number of carbonyl (C=O) groups excluding carboxylic acids is 1. The second-order valence-electron chi connectivity index (χ2n) is 5.27. The first kappa shape index (κ1) is 13.1. The Balaban J connectivity index is 1.57. The molecule has 1 fully saturated rings. The van der Waals surface area contributed by atoms with Gasteiger partial charge in [-0.25, -0.2) is 0 Å². The molecule has 2 rings (SSSR count). The minimum Gasteiger partial charge on any atom is -0.356 e. The molecule has 0 saturated heterocycles. The molecule has 0 atom stereocenters. The third-order valence-electron chi connectivity index (χ3n) is 3.83.